The summed E-state index contributed by atoms with van der Waals surface area (Å²) in [6.07, 6.45) is 2.88. The van der Waals surface area contributed by atoms with Gasteiger partial charge in [0.2, 0.25) is 5.91 Å². The Labute approximate surface area is 108 Å². The molecule has 1 aromatic rings. The number of urea groups is 1. The van der Waals surface area contributed by atoms with Crippen molar-refractivity contribution in [3.63, 3.8) is 0 Å². The van der Waals surface area contributed by atoms with Crippen molar-refractivity contribution in [2.45, 2.75) is 19.0 Å². The zero-order chi connectivity index (χ0) is 14.3. The molecule has 3 amide bonds. The Hall–Kier alpha value is -2.58. The van der Waals surface area contributed by atoms with E-state index in [1.165, 1.54) is 0 Å². The number of carboxylic acids is 1. The third kappa shape index (κ3) is 5.52. The molecule has 0 aromatic carbocycles. The quantitative estimate of drug-likeness (QED) is 0.477. The SMILES string of the molecule is NC(=O)C[C@@H](NC(=O)NCCn1cccn1)C(=O)O. The van der Waals surface area contributed by atoms with Crippen LogP contribution in [0.5, 0.6) is 0 Å². The first-order chi connectivity index (χ1) is 8.99. The van der Waals surface area contributed by atoms with Crippen LogP contribution in [0.25, 0.3) is 0 Å². The maximum atomic E-state index is 11.4. The third-order valence-electron chi connectivity index (χ3n) is 2.19. The molecule has 0 spiro atoms. The highest BCUT2D eigenvalue weighted by molar-refractivity contribution is 5.87. The Morgan fingerprint density at radius 1 is 1.42 bits per heavy atom. The Balaban J connectivity index is 2.32. The number of nitrogens with one attached hydrogen (secondary N) is 2. The van der Waals surface area contributed by atoms with Crippen molar-refractivity contribution in [3.05, 3.63) is 18.5 Å². The maximum absolute atomic E-state index is 11.4. The van der Waals surface area contributed by atoms with Gasteiger partial charge in [-0.1, -0.05) is 0 Å². The van der Waals surface area contributed by atoms with E-state index in [2.05, 4.69) is 15.7 Å². The van der Waals surface area contributed by atoms with Crippen LogP contribution in [-0.4, -0.2) is 45.4 Å². The van der Waals surface area contributed by atoms with Crippen LogP contribution in [0.4, 0.5) is 4.79 Å². The van der Waals surface area contributed by atoms with Gasteiger partial charge in [-0.3, -0.25) is 9.48 Å². The van der Waals surface area contributed by atoms with E-state index in [1.54, 1.807) is 23.1 Å². The minimum Gasteiger partial charge on any atom is -0.480 e. The molecule has 1 heterocycles. The molecule has 0 unspecified atom stereocenters. The highest BCUT2D eigenvalue weighted by Crippen LogP contribution is 1.91. The Morgan fingerprint density at radius 2 is 2.16 bits per heavy atom. The van der Waals surface area contributed by atoms with Crippen LogP contribution in [0.15, 0.2) is 18.5 Å². The minimum absolute atomic E-state index is 0.274. The van der Waals surface area contributed by atoms with E-state index in [9.17, 15) is 14.4 Å². The molecule has 5 N–H and O–H groups in total. The summed E-state index contributed by atoms with van der Waals surface area (Å²) in [6, 6.07) is -0.268. The molecule has 104 valence electrons. The fraction of sp³-hybridized carbons (Fsp3) is 0.400. The van der Waals surface area contributed by atoms with Crippen molar-refractivity contribution in [3.8, 4) is 0 Å². The number of hydrogen-bond donors (Lipinski definition) is 4. The lowest BCUT2D eigenvalue weighted by Crippen LogP contribution is -2.48. The Kier molecular flexibility index (Phi) is 5.33. The molecule has 0 saturated heterocycles. The van der Waals surface area contributed by atoms with E-state index >= 15 is 0 Å². The molecular weight excluding hydrogens is 254 g/mol. The molecule has 1 rings (SSSR count). The van der Waals surface area contributed by atoms with Gasteiger partial charge in [-0.25, -0.2) is 9.59 Å². The standard InChI is InChI=1S/C10H15N5O4/c11-8(16)6-7(9(17)18)14-10(19)12-3-5-15-4-1-2-13-15/h1-2,4,7H,3,5-6H2,(H2,11,16)(H,17,18)(H2,12,14,19)/t7-/m1/s1. The summed E-state index contributed by atoms with van der Waals surface area (Å²) in [5, 5.41) is 17.3. The lowest BCUT2D eigenvalue weighted by atomic mass is 10.2. The molecule has 0 aliphatic rings. The van der Waals surface area contributed by atoms with Crippen molar-refractivity contribution in [1.82, 2.24) is 20.4 Å². The van der Waals surface area contributed by atoms with Gasteiger partial charge in [0.25, 0.3) is 0 Å². The average Bonchev–Trinajstić information content (AvgIpc) is 2.80. The molecule has 0 aliphatic heterocycles. The van der Waals surface area contributed by atoms with Crippen LogP contribution < -0.4 is 16.4 Å². The molecule has 1 aromatic heterocycles. The number of rotatable bonds is 7. The van der Waals surface area contributed by atoms with Crippen LogP contribution in [0.2, 0.25) is 0 Å². The number of nitrogens with two attached hydrogens (primary N) is 1. The molecule has 0 bridgehead atoms. The van der Waals surface area contributed by atoms with Gasteiger partial charge < -0.3 is 21.5 Å². The Morgan fingerprint density at radius 3 is 2.68 bits per heavy atom. The van der Waals surface area contributed by atoms with Crippen molar-refractivity contribution in [2.24, 2.45) is 5.73 Å². The molecule has 19 heavy (non-hydrogen) atoms. The summed E-state index contributed by atoms with van der Waals surface area (Å²) in [4.78, 5) is 32.8. The average molecular weight is 269 g/mol. The highest BCUT2D eigenvalue weighted by Gasteiger charge is 2.21. The minimum atomic E-state index is -1.33. The molecule has 0 aliphatic carbocycles. The van der Waals surface area contributed by atoms with Gasteiger partial charge in [0.05, 0.1) is 13.0 Å². The van der Waals surface area contributed by atoms with E-state index in [1.807, 2.05) is 0 Å². The predicted molar refractivity (Wildman–Crippen MR) is 64.0 cm³/mol. The molecule has 9 nitrogen and oxygen atoms in total. The number of carbonyl (C=O) groups excluding carboxylic acids is 2. The van der Waals surface area contributed by atoms with Crippen molar-refractivity contribution in [2.75, 3.05) is 6.54 Å². The summed E-state index contributed by atoms with van der Waals surface area (Å²) < 4.78 is 1.61. The van der Waals surface area contributed by atoms with Crippen LogP contribution in [-0.2, 0) is 16.1 Å². The van der Waals surface area contributed by atoms with Crippen LogP contribution in [0.1, 0.15) is 6.42 Å². The first-order valence-corrected chi connectivity index (χ1v) is 5.52. The number of carbonyl (C=O) groups is 3. The molecular formula is C10H15N5O4. The molecule has 0 saturated carbocycles. The topological polar surface area (TPSA) is 139 Å². The molecule has 0 radical (unpaired) electrons. The molecule has 0 fully saturated rings. The maximum Gasteiger partial charge on any atom is 0.326 e. The fourth-order valence-corrected chi connectivity index (χ4v) is 1.33. The number of aliphatic carboxylic acids is 1. The second-order valence-electron chi connectivity index (χ2n) is 3.73. The van der Waals surface area contributed by atoms with Gasteiger partial charge in [-0.05, 0) is 6.07 Å². The lowest BCUT2D eigenvalue weighted by molar-refractivity contribution is -0.140. The normalized spacial score (nSPS) is 11.6. The number of nitrogens with zero attached hydrogens (tertiary/aromatic N) is 2. The van der Waals surface area contributed by atoms with Gasteiger partial charge in [-0.15, -0.1) is 0 Å². The van der Waals surface area contributed by atoms with Crippen molar-refractivity contribution < 1.29 is 19.5 Å². The van der Waals surface area contributed by atoms with Gasteiger partial charge in [0.15, 0.2) is 0 Å². The third-order valence-corrected chi connectivity index (χ3v) is 2.19. The number of aromatic nitrogens is 2. The lowest BCUT2D eigenvalue weighted by Gasteiger charge is -2.13. The largest absolute Gasteiger partial charge is 0.480 e. The first-order valence-electron chi connectivity index (χ1n) is 5.52. The van der Waals surface area contributed by atoms with Crippen LogP contribution in [0.3, 0.4) is 0 Å². The first kappa shape index (κ1) is 14.5. The van der Waals surface area contributed by atoms with Crippen molar-refractivity contribution >= 4 is 17.9 Å². The summed E-state index contributed by atoms with van der Waals surface area (Å²) >= 11 is 0. The zero-order valence-electron chi connectivity index (χ0n) is 10.1. The summed E-state index contributed by atoms with van der Waals surface area (Å²) in [7, 11) is 0. The van der Waals surface area contributed by atoms with Gasteiger partial charge in [0.1, 0.15) is 6.04 Å². The van der Waals surface area contributed by atoms with E-state index in [0.29, 0.717) is 6.54 Å². The van der Waals surface area contributed by atoms with Crippen LogP contribution >= 0.6 is 0 Å². The number of hydrogen-bond acceptors (Lipinski definition) is 4. The van der Waals surface area contributed by atoms with Gasteiger partial charge >= 0.3 is 12.0 Å². The predicted octanol–water partition coefficient (Wildman–Crippen LogP) is -1.49. The number of carboxylic acid groups (broad SMARTS) is 1. The zero-order valence-corrected chi connectivity index (χ0v) is 10.1. The smallest absolute Gasteiger partial charge is 0.326 e. The summed E-state index contributed by atoms with van der Waals surface area (Å²) in [5.74, 6) is -2.12. The summed E-state index contributed by atoms with van der Waals surface area (Å²) in [5.41, 5.74) is 4.89. The van der Waals surface area contributed by atoms with Crippen molar-refractivity contribution in [1.29, 1.82) is 0 Å². The van der Waals surface area contributed by atoms with Crippen LogP contribution in [0, 0.1) is 0 Å². The molecule has 1 atom stereocenters. The van der Waals surface area contributed by atoms with Gasteiger partial charge in [-0.2, -0.15) is 5.10 Å². The second kappa shape index (κ2) is 6.99. The number of primary amides is 1. The van der Waals surface area contributed by atoms with E-state index in [4.69, 9.17) is 10.8 Å². The monoisotopic (exact) mass is 269 g/mol. The van der Waals surface area contributed by atoms with Gasteiger partial charge in [0, 0.05) is 18.9 Å². The highest BCUT2D eigenvalue weighted by atomic mass is 16.4. The van der Waals surface area contributed by atoms with E-state index in [-0.39, 0.29) is 6.54 Å². The number of amides is 3. The molecule has 9 heteroatoms. The summed E-state index contributed by atoms with van der Waals surface area (Å²) in [6.45, 7) is 0.727. The van der Waals surface area contributed by atoms with E-state index in [0.717, 1.165) is 0 Å². The van der Waals surface area contributed by atoms with E-state index < -0.39 is 30.4 Å². The Bertz CT molecular complexity index is 445. The second-order valence-corrected chi connectivity index (χ2v) is 3.73. The fourth-order valence-electron chi connectivity index (χ4n) is 1.33.